The number of carbonyl (C=O) groups excluding carboxylic acids is 1. The molecule has 8 nitrogen and oxygen atoms in total. The van der Waals surface area contributed by atoms with Gasteiger partial charge in [0.15, 0.2) is 5.16 Å². The third kappa shape index (κ3) is 3.72. The zero-order chi connectivity index (χ0) is 21.4. The second kappa shape index (κ2) is 7.99. The van der Waals surface area contributed by atoms with Crippen molar-refractivity contribution in [2.45, 2.75) is 18.5 Å². The highest BCUT2D eigenvalue weighted by molar-refractivity contribution is 7.99. The van der Waals surface area contributed by atoms with Gasteiger partial charge < -0.3 is 14.0 Å². The lowest BCUT2D eigenvalue weighted by Gasteiger charge is -2.16. The third-order valence-corrected chi connectivity index (χ3v) is 6.28. The molecule has 2 aromatic carbocycles. The van der Waals surface area contributed by atoms with Crippen molar-refractivity contribution in [2.24, 2.45) is 7.05 Å². The summed E-state index contributed by atoms with van der Waals surface area (Å²) in [6.07, 6.45) is 0.890. The van der Waals surface area contributed by atoms with Gasteiger partial charge in [0.1, 0.15) is 0 Å². The number of anilines is 1. The Morgan fingerprint density at radius 3 is 2.77 bits per heavy atom. The zero-order valence-corrected chi connectivity index (χ0v) is 18.0. The normalized spacial score (nSPS) is 12.9. The number of fused-ring (bicyclic) bond motifs is 1. The Kier molecular flexibility index (Phi) is 5.03. The summed E-state index contributed by atoms with van der Waals surface area (Å²) in [7, 11) is 1.82. The number of hydrogen-bond acceptors (Lipinski definition) is 7. The van der Waals surface area contributed by atoms with Crippen molar-refractivity contribution in [1.29, 1.82) is 0 Å². The van der Waals surface area contributed by atoms with Crippen LogP contribution in [0.3, 0.4) is 0 Å². The third-order valence-electron chi connectivity index (χ3n) is 5.27. The van der Waals surface area contributed by atoms with Gasteiger partial charge in [0, 0.05) is 24.8 Å². The Morgan fingerprint density at radius 1 is 1.13 bits per heavy atom. The first-order valence-electron chi connectivity index (χ1n) is 9.92. The van der Waals surface area contributed by atoms with Gasteiger partial charge in [0.2, 0.25) is 17.6 Å². The van der Waals surface area contributed by atoms with Gasteiger partial charge in [-0.1, -0.05) is 64.9 Å². The smallest absolute Gasteiger partial charge is 0.296 e. The summed E-state index contributed by atoms with van der Waals surface area (Å²) in [5, 5.41) is 13.1. The van der Waals surface area contributed by atoms with Crippen LogP contribution in [0.2, 0.25) is 0 Å². The van der Waals surface area contributed by atoms with Crippen molar-refractivity contribution in [1.82, 2.24) is 24.9 Å². The molecule has 0 radical (unpaired) electrons. The number of carbonyl (C=O) groups is 1. The summed E-state index contributed by atoms with van der Waals surface area (Å²) in [6, 6.07) is 15.9. The van der Waals surface area contributed by atoms with Gasteiger partial charge in [-0.25, -0.2) is 0 Å². The fourth-order valence-electron chi connectivity index (χ4n) is 3.56. The number of thioether (sulfide) groups is 1. The molecule has 0 saturated heterocycles. The molecule has 0 saturated carbocycles. The van der Waals surface area contributed by atoms with Crippen LogP contribution in [0.4, 0.5) is 5.69 Å². The molecule has 1 aliphatic rings. The zero-order valence-electron chi connectivity index (χ0n) is 17.1. The number of nitrogens with zero attached hydrogens (tertiary/aromatic N) is 6. The van der Waals surface area contributed by atoms with Crippen LogP contribution in [0.5, 0.6) is 0 Å². The minimum atomic E-state index is 0.0546. The predicted octanol–water partition coefficient (Wildman–Crippen LogP) is 3.52. The summed E-state index contributed by atoms with van der Waals surface area (Å²) < 4.78 is 7.17. The molecule has 0 N–H and O–H groups in total. The molecule has 4 aromatic rings. The van der Waals surface area contributed by atoms with E-state index in [1.165, 1.54) is 17.3 Å². The second-order valence-corrected chi connectivity index (χ2v) is 8.31. The monoisotopic (exact) mass is 432 g/mol. The van der Waals surface area contributed by atoms with Crippen LogP contribution in [0.1, 0.15) is 11.1 Å². The summed E-state index contributed by atoms with van der Waals surface area (Å²) in [4.78, 5) is 19.1. The minimum Gasteiger partial charge on any atom is -0.330 e. The maximum atomic E-state index is 12.8. The van der Waals surface area contributed by atoms with Crippen LogP contribution in [-0.4, -0.2) is 43.1 Å². The molecule has 0 unspecified atom stereocenters. The first kappa shape index (κ1) is 19.5. The van der Waals surface area contributed by atoms with Crippen LogP contribution in [0, 0.1) is 6.92 Å². The van der Waals surface area contributed by atoms with Crippen molar-refractivity contribution >= 4 is 23.4 Å². The average molecular weight is 433 g/mol. The van der Waals surface area contributed by atoms with E-state index in [1.807, 2.05) is 61.3 Å². The number of rotatable bonds is 5. The van der Waals surface area contributed by atoms with Gasteiger partial charge >= 0.3 is 0 Å². The second-order valence-electron chi connectivity index (χ2n) is 7.37. The molecule has 2 aromatic heterocycles. The van der Waals surface area contributed by atoms with E-state index in [0.717, 1.165) is 23.2 Å². The van der Waals surface area contributed by atoms with E-state index in [9.17, 15) is 4.79 Å². The first-order valence-corrected chi connectivity index (χ1v) is 10.9. The van der Waals surface area contributed by atoms with E-state index < -0.39 is 0 Å². The SMILES string of the molecule is Cc1ccc(-c2noc(-c3nnc(SCC(=O)N4CCc5ccccc54)n3C)n2)cc1. The van der Waals surface area contributed by atoms with Gasteiger partial charge in [0.05, 0.1) is 5.75 Å². The molecule has 31 heavy (non-hydrogen) atoms. The molecule has 0 bridgehead atoms. The summed E-state index contributed by atoms with van der Waals surface area (Å²) in [5.41, 5.74) is 4.24. The number of benzene rings is 2. The van der Waals surface area contributed by atoms with Crippen LogP contribution >= 0.6 is 11.8 Å². The van der Waals surface area contributed by atoms with Gasteiger partial charge in [-0.3, -0.25) is 4.79 Å². The van der Waals surface area contributed by atoms with E-state index >= 15 is 0 Å². The summed E-state index contributed by atoms with van der Waals surface area (Å²) in [5.74, 6) is 1.58. The maximum absolute atomic E-state index is 12.8. The van der Waals surface area contributed by atoms with Crippen LogP contribution in [0.25, 0.3) is 23.1 Å². The van der Waals surface area contributed by atoms with E-state index in [4.69, 9.17) is 4.52 Å². The van der Waals surface area contributed by atoms with E-state index in [-0.39, 0.29) is 17.6 Å². The Morgan fingerprint density at radius 2 is 1.94 bits per heavy atom. The topological polar surface area (TPSA) is 89.9 Å². The molecular weight excluding hydrogens is 412 g/mol. The van der Waals surface area contributed by atoms with Gasteiger partial charge in [-0.2, -0.15) is 4.98 Å². The van der Waals surface area contributed by atoms with Crippen molar-refractivity contribution < 1.29 is 9.32 Å². The minimum absolute atomic E-state index is 0.0546. The molecule has 0 atom stereocenters. The van der Waals surface area contributed by atoms with E-state index in [2.05, 4.69) is 26.4 Å². The standard InChI is InChI=1S/C22H20N6O2S/c1-14-7-9-16(10-8-14)19-23-21(30-26-19)20-24-25-22(27(20)2)31-13-18(29)28-12-11-15-5-3-4-6-17(15)28/h3-10H,11-13H2,1-2H3. The molecule has 156 valence electrons. The fraction of sp³-hybridized carbons (Fsp3) is 0.227. The quantitative estimate of drug-likeness (QED) is 0.446. The molecular formula is C22H20N6O2S. The van der Waals surface area contributed by atoms with Gasteiger partial charge in [-0.15, -0.1) is 10.2 Å². The highest BCUT2D eigenvalue weighted by Crippen LogP contribution is 2.29. The molecule has 1 amide bonds. The van der Waals surface area contributed by atoms with E-state index in [0.29, 0.717) is 23.4 Å². The maximum Gasteiger partial charge on any atom is 0.296 e. The predicted molar refractivity (Wildman–Crippen MR) is 118 cm³/mol. The molecule has 0 fully saturated rings. The molecule has 9 heteroatoms. The molecule has 3 heterocycles. The van der Waals surface area contributed by atoms with Crippen LogP contribution < -0.4 is 4.90 Å². The summed E-state index contributed by atoms with van der Waals surface area (Å²) in [6.45, 7) is 2.74. The number of hydrogen-bond donors (Lipinski definition) is 0. The van der Waals surface area contributed by atoms with Crippen molar-refractivity contribution in [3.05, 3.63) is 59.7 Å². The summed E-state index contributed by atoms with van der Waals surface area (Å²) >= 11 is 1.35. The molecule has 0 spiro atoms. The Balaban J connectivity index is 1.29. The largest absolute Gasteiger partial charge is 0.330 e. The lowest BCUT2D eigenvalue weighted by Crippen LogP contribution is -2.30. The Labute approximate surface area is 183 Å². The van der Waals surface area contributed by atoms with Crippen molar-refractivity contribution in [3.8, 4) is 23.1 Å². The van der Waals surface area contributed by atoms with Crippen molar-refractivity contribution in [3.63, 3.8) is 0 Å². The highest BCUT2D eigenvalue weighted by atomic mass is 32.2. The highest BCUT2D eigenvalue weighted by Gasteiger charge is 2.25. The number of amides is 1. The number of aryl methyl sites for hydroxylation is 1. The molecule has 0 aliphatic carbocycles. The lowest BCUT2D eigenvalue weighted by atomic mass is 10.1. The fourth-order valence-corrected chi connectivity index (χ4v) is 4.35. The Hall–Kier alpha value is -3.46. The first-order chi connectivity index (χ1) is 15.1. The molecule has 1 aliphatic heterocycles. The van der Waals surface area contributed by atoms with E-state index in [1.54, 1.807) is 4.57 Å². The van der Waals surface area contributed by atoms with Crippen LogP contribution in [0.15, 0.2) is 58.2 Å². The van der Waals surface area contributed by atoms with Crippen molar-refractivity contribution in [2.75, 3.05) is 17.2 Å². The molecule has 5 rings (SSSR count). The number of para-hydroxylation sites is 1. The van der Waals surface area contributed by atoms with Gasteiger partial charge in [0.25, 0.3) is 5.89 Å². The van der Waals surface area contributed by atoms with Crippen LogP contribution in [-0.2, 0) is 18.3 Å². The Bertz CT molecular complexity index is 1250. The number of aromatic nitrogens is 5. The van der Waals surface area contributed by atoms with Gasteiger partial charge in [-0.05, 0) is 25.0 Å². The average Bonchev–Trinajstić information content (AvgIpc) is 3.51. The lowest BCUT2D eigenvalue weighted by molar-refractivity contribution is -0.116.